The van der Waals surface area contributed by atoms with Gasteiger partial charge in [0.05, 0.1) is 0 Å². The van der Waals surface area contributed by atoms with Gasteiger partial charge >= 0.3 is 6.03 Å². The molecular formula is C15H22N2O. The van der Waals surface area contributed by atoms with Gasteiger partial charge in [-0.05, 0) is 25.0 Å². The summed E-state index contributed by atoms with van der Waals surface area (Å²) >= 11 is 0. The van der Waals surface area contributed by atoms with Gasteiger partial charge in [-0.2, -0.15) is 0 Å². The summed E-state index contributed by atoms with van der Waals surface area (Å²) in [7, 11) is 0. The molecule has 18 heavy (non-hydrogen) atoms. The van der Waals surface area contributed by atoms with E-state index < -0.39 is 0 Å². The summed E-state index contributed by atoms with van der Waals surface area (Å²) in [6.07, 6.45) is 6.91. The Morgan fingerprint density at radius 2 is 2.17 bits per heavy atom. The van der Waals surface area contributed by atoms with Crippen LogP contribution in [0.5, 0.6) is 0 Å². The zero-order valence-electron chi connectivity index (χ0n) is 11.2. The minimum Gasteiger partial charge on any atom is -0.338 e. The first-order chi connectivity index (χ1) is 8.72. The summed E-state index contributed by atoms with van der Waals surface area (Å²) in [6, 6.07) is 7.97. The lowest BCUT2D eigenvalue weighted by molar-refractivity contribution is 0.244. The first-order valence-electron chi connectivity index (χ1n) is 6.50. The molecule has 0 aliphatic heterocycles. The van der Waals surface area contributed by atoms with Crippen LogP contribution in [0.2, 0.25) is 0 Å². The van der Waals surface area contributed by atoms with E-state index in [0.717, 1.165) is 31.4 Å². The molecule has 3 heteroatoms. The van der Waals surface area contributed by atoms with Crippen molar-refractivity contribution in [2.45, 2.75) is 33.1 Å². The second kappa shape index (κ2) is 8.34. The van der Waals surface area contributed by atoms with Crippen LogP contribution in [-0.4, -0.2) is 12.6 Å². The predicted molar refractivity (Wildman–Crippen MR) is 76.3 cm³/mol. The fraction of sp³-hybridized carbons (Fsp3) is 0.400. The van der Waals surface area contributed by atoms with Crippen LogP contribution in [-0.2, 0) is 0 Å². The molecule has 0 unspecified atom stereocenters. The molecule has 1 aromatic carbocycles. The Bertz CT molecular complexity index is 399. The molecule has 0 saturated carbocycles. The van der Waals surface area contributed by atoms with Crippen molar-refractivity contribution in [3.8, 4) is 0 Å². The third kappa shape index (κ3) is 6.09. The molecule has 0 heterocycles. The molecule has 0 spiro atoms. The monoisotopic (exact) mass is 246 g/mol. The van der Waals surface area contributed by atoms with E-state index in [2.05, 4.69) is 23.6 Å². The highest BCUT2D eigenvalue weighted by molar-refractivity contribution is 5.75. The van der Waals surface area contributed by atoms with Crippen molar-refractivity contribution in [2.75, 3.05) is 6.54 Å². The Kier molecular flexibility index (Phi) is 6.62. The number of carbonyl (C=O) groups excluding carboxylic acids is 1. The van der Waals surface area contributed by atoms with Crippen molar-refractivity contribution >= 4 is 12.1 Å². The van der Waals surface area contributed by atoms with E-state index in [-0.39, 0.29) is 6.03 Å². The second-order valence-electron chi connectivity index (χ2n) is 4.35. The van der Waals surface area contributed by atoms with Crippen LogP contribution < -0.4 is 10.6 Å². The van der Waals surface area contributed by atoms with E-state index in [4.69, 9.17) is 0 Å². The number of benzene rings is 1. The number of hydrogen-bond acceptors (Lipinski definition) is 1. The molecule has 0 aromatic heterocycles. The van der Waals surface area contributed by atoms with E-state index >= 15 is 0 Å². The molecule has 0 atom stereocenters. The van der Waals surface area contributed by atoms with Crippen molar-refractivity contribution < 1.29 is 4.79 Å². The Labute approximate surface area is 109 Å². The number of nitrogens with one attached hydrogen (secondary N) is 2. The highest BCUT2D eigenvalue weighted by Gasteiger charge is 1.95. The maximum atomic E-state index is 11.4. The Morgan fingerprint density at radius 3 is 2.89 bits per heavy atom. The van der Waals surface area contributed by atoms with Crippen LogP contribution >= 0.6 is 0 Å². The first-order valence-corrected chi connectivity index (χ1v) is 6.50. The normalized spacial score (nSPS) is 10.6. The highest BCUT2D eigenvalue weighted by atomic mass is 16.2. The second-order valence-corrected chi connectivity index (χ2v) is 4.35. The molecule has 1 rings (SSSR count). The maximum Gasteiger partial charge on any atom is 0.318 e. The molecule has 0 aliphatic carbocycles. The van der Waals surface area contributed by atoms with Crippen LogP contribution in [0.3, 0.4) is 0 Å². The minimum absolute atomic E-state index is 0.144. The lowest BCUT2D eigenvalue weighted by Crippen LogP contribution is -2.32. The summed E-state index contributed by atoms with van der Waals surface area (Å²) in [5.41, 5.74) is 2.29. The van der Waals surface area contributed by atoms with Crippen LogP contribution in [0.4, 0.5) is 4.79 Å². The Balaban J connectivity index is 2.25. The first kappa shape index (κ1) is 14.3. The Morgan fingerprint density at radius 1 is 1.33 bits per heavy atom. The van der Waals surface area contributed by atoms with Crippen molar-refractivity contribution in [1.29, 1.82) is 0 Å². The average Bonchev–Trinajstić information content (AvgIpc) is 2.35. The summed E-state index contributed by atoms with van der Waals surface area (Å²) in [5.74, 6) is 0. The molecule has 1 aromatic rings. The van der Waals surface area contributed by atoms with E-state index in [9.17, 15) is 4.79 Å². The Hall–Kier alpha value is -1.77. The molecule has 98 valence electrons. The van der Waals surface area contributed by atoms with Crippen LogP contribution in [0, 0.1) is 6.92 Å². The number of aryl methyl sites for hydroxylation is 1. The lowest BCUT2D eigenvalue weighted by Gasteiger charge is -2.03. The summed E-state index contributed by atoms with van der Waals surface area (Å²) < 4.78 is 0. The van der Waals surface area contributed by atoms with Gasteiger partial charge < -0.3 is 10.6 Å². The topological polar surface area (TPSA) is 41.1 Å². The average molecular weight is 246 g/mol. The zero-order chi connectivity index (χ0) is 13.2. The zero-order valence-corrected chi connectivity index (χ0v) is 11.2. The number of unbranched alkanes of at least 4 members (excludes halogenated alkanes) is 2. The number of rotatable bonds is 6. The summed E-state index contributed by atoms with van der Waals surface area (Å²) in [4.78, 5) is 11.4. The van der Waals surface area contributed by atoms with Gasteiger partial charge in [0.1, 0.15) is 0 Å². The number of hydrogen-bond donors (Lipinski definition) is 2. The van der Waals surface area contributed by atoms with Gasteiger partial charge in [-0.25, -0.2) is 4.79 Å². The molecule has 0 radical (unpaired) electrons. The van der Waals surface area contributed by atoms with Crippen molar-refractivity contribution in [3.63, 3.8) is 0 Å². The van der Waals surface area contributed by atoms with Crippen molar-refractivity contribution in [2.24, 2.45) is 0 Å². The van der Waals surface area contributed by atoms with Crippen molar-refractivity contribution in [1.82, 2.24) is 10.6 Å². The van der Waals surface area contributed by atoms with Crippen LogP contribution in [0.15, 0.2) is 30.5 Å². The smallest absolute Gasteiger partial charge is 0.318 e. The third-order valence-electron chi connectivity index (χ3n) is 2.60. The summed E-state index contributed by atoms with van der Waals surface area (Å²) in [5, 5.41) is 5.51. The quantitative estimate of drug-likeness (QED) is 0.742. The fourth-order valence-corrected chi connectivity index (χ4v) is 1.62. The van der Waals surface area contributed by atoms with Gasteiger partial charge in [0, 0.05) is 12.7 Å². The third-order valence-corrected chi connectivity index (χ3v) is 2.60. The SMILES string of the molecule is CCCCCNC(=O)N/C=C/c1cccc(C)c1. The van der Waals surface area contributed by atoms with Gasteiger partial charge in [-0.3, -0.25) is 0 Å². The molecule has 2 N–H and O–H groups in total. The van der Waals surface area contributed by atoms with Crippen molar-refractivity contribution in [3.05, 3.63) is 41.6 Å². The van der Waals surface area contributed by atoms with Crippen LogP contribution in [0.1, 0.15) is 37.3 Å². The van der Waals surface area contributed by atoms with E-state index in [1.807, 2.05) is 31.2 Å². The summed E-state index contributed by atoms with van der Waals surface area (Å²) in [6.45, 7) is 4.92. The lowest BCUT2D eigenvalue weighted by atomic mass is 10.1. The van der Waals surface area contributed by atoms with Gasteiger partial charge in [0.15, 0.2) is 0 Å². The van der Waals surface area contributed by atoms with Gasteiger partial charge in [0.2, 0.25) is 0 Å². The van der Waals surface area contributed by atoms with E-state index in [1.165, 1.54) is 5.56 Å². The molecule has 0 aliphatic rings. The van der Waals surface area contributed by atoms with Gasteiger partial charge in [-0.15, -0.1) is 0 Å². The van der Waals surface area contributed by atoms with Gasteiger partial charge in [0.25, 0.3) is 0 Å². The largest absolute Gasteiger partial charge is 0.338 e. The number of amides is 2. The van der Waals surface area contributed by atoms with Gasteiger partial charge in [-0.1, -0.05) is 49.6 Å². The number of carbonyl (C=O) groups is 1. The predicted octanol–water partition coefficient (Wildman–Crippen LogP) is 3.46. The highest BCUT2D eigenvalue weighted by Crippen LogP contribution is 2.04. The molecule has 0 saturated heterocycles. The molecular weight excluding hydrogens is 224 g/mol. The standard InChI is InChI=1S/C15H22N2O/c1-3-4-5-10-16-15(18)17-11-9-14-8-6-7-13(2)12-14/h6-9,11-12H,3-5,10H2,1-2H3,(H2,16,17,18)/b11-9+. The fourth-order valence-electron chi connectivity index (χ4n) is 1.62. The van der Waals surface area contributed by atoms with Crippen LogP contribution in [0.25, 0.3) is 6.08 Å². The minimum atomic E-state index is -0.144. The molecule has 2 amide bonds. The number of urea groups is 1. The molecule has 0 bridgehead atoms. The van der Waals surface area contributed by atoms with E-state index in [1.54, 1.807) is 6.20 Å². The molecule has 3 nitrogen and oxygen atoms in total. The van der Waals surface area contributed by atoms with E-state index in [0.29, 0.717) is 0 Å². The molecule has 0 fully saturated rings. The maximum absolute atomic E-state index is 11.4.